The average Bonchev–Trinajstić information content (AvgIpc) is 3.26. The van der Waals surface area contributed by atoms with Crippen LogP contribution in [0.5, 0.6) is 0 Å². The number of hydrogen-bond donors (Lipinski definition) is 0. The number of amides is 2. The Balaban J connectivity index is 1.32. The molecule has 1 saturated carbocycles. The van der Waals surface area contributed by atoms with Crippen LogP contribution in [0.1, 0.15) is 28.5 Å². The van der Waals surface area contributed by atoms with Crippen molar-refractivity contribution in [2.45, 2.75) is 12.3 Å². The number of piperazine rings is 1. The van der Waals surface area contributed by atoms with Crippen molar-refractivity contribution in [1.82, 2.24) is 9.80 Å². The predicted molar refractivity (Wildman–Crippen MR) is 88.5 cm³/mol. The number of carbonyl (C=O) groups is 2. The number of hydrogen-bond acceptors (Lipinski definition) is 3. The van der Waals surface area contributed by atoms with Crippen LogP contribution in [-0.4, -0.2) is 47.8 Å². The largest absolute Gasteiger partial charge is 0.459 e. The quantitative estimate of drug-likeness (QED) is 0.871. The van der Waals surface area contributed by atoms with Crippen LogP contribution in [-0.2, 0) is 4.79 Å². The minimum atomic E-state index is -0.0966. The van der Waals surface area contributed by atoms with Crippen LogP contribution >= 0.6 is 0 Å². The van der Waals surface area contributed by atoms with E-state index in [1.165, 1.54) is 11.8 Å². The van der Waals surface area contributed by atoms with Crippen LogP contribution in [0.25, 0.3) is 0 Å². The summed E-state index contributed by atoms with van der Waals surface area (Å²) in [5, 5.41) is 0. The lowest BCUT2D eigenvalue weighted by Crippen LogP contribution is -2.51. The average molecular weight is 324 g/mol. The maximum Gasteiger partial charge on any atom is 0.289 e. The van der Waals surface area contributed by atoms with Gasteiger partial charge in [0.25, 0.3) is 5.91 Å². The minimum absolute atomic E-state index is 0.0966. The lowest BCUT2D eigenvalue weighted by atomic mass is 10.1. The molecule has 4 rings (SSSR count). The number of furan rings is 1. The van der Waals surface area contributed by atoms with Gasteiger partial charge in [0.1, 0.15) is 0 Å². The van der Waals surface area contributed by atoms with E-state index < -0.39 is 0 Å². The van der Waals surface area contributed by atoms with E-state index >= 15 is 0 Å². The van der Waals surface area contributed by atoms with E-state index in [0.717, 1.165) is 6.42 Å². The Morgan fingerprint density at radius 3 is 2.29 bits per heavy atom. The van der Waals surface area contributed by atoms with Crippen molar-refractivity contribution in [1.29, 1.82) is 0 Å². The maximum atomic E-state index is 12.7. The lowest BCUT2D eigenvalue weighted by Gasteiger charge is -2.34. The van der Waals surface area contributed by atoms with E-state index in [1.807, 2.05) is 23.1 Å². The summed E-state index contributed by atoms with van der Waals surface area (Å²) in [5.41, 5.74) is 1.25. The second-order valence-electron chi connectivity index (χ2n) is 6.45. The molecule has 2 amide bonds. The molecule has 0 radical (unpaired) electrons. The lowest BCUT2D eigenvalue weighted by molar-refractivity contribution is -0.134. The third-order valence-electron chi connectivity index (χ3n) is 4.95. The van der Waals surface area contributed by atoms with Crippen molar-refractivity contribution in [3.8, 4) is 0 Å². The van der Waals surface area contributed by atoms with Crippen molar-refractivity contribution in [2.24, 2.45) is 5.92 Å². The third kappa shape index (κ3) is 2.82. The number of nitrogens with zero attached hydrogens (tertiary/aromatic N) is 2. The van der Waals surface area contributed by atoms with Crippen LogP contribution in [0.3, 0.4) is 0 Å². The minimum Gasteiger partial charge on any atom is -0.459 e. The Bertz CT molecular complexity index is 718. The van der Waals surface area contributed by atoms with Crippen molar-refractivity contribution in [3.63, 3.8) is 0 Å². The molecule has 2 heterocycles. The molecule has 0 bridgehead atoms. The first-order valence-electron chi connectivity index (χ1n) is 8.40. The molecule has 0 N–H and O–H groups in total. The summed E-state index contributed by atoms with van der Waals surface area (Å²) in [7, 11) is 0. The van der Waals surface area contributed by atoms with Crippen molar-refractivity contribution in [3.05, 3.63) is 60.1 Å². The molecule has 1 saturated heterocycles. The Morgan fingerprint density at radius 1 is 0.917 bits per heavy atom. The molecule has 2 unspecified atom stereocenters. The molecule has 2 atom stereocenters. The SMILES string of the molecule is O=C(c1ccco1)N1CCN(C(=O)C2CC2c2ccccc2)CC1. The molecule has 1 aromatic heterocycles. The maximum absolute atomic E-state index is 12.7. The van der Waals surface area contributed by atoms with Gasteiger partial charge in [-0.15, -0.1) is 0 Å². The van der Waals surface area contributed by atoms with Crippen molar-refractivity contribution in [2.75, 3.05) is 26.2 Å². The first-order chi connectivity index (χ1) is 11.7. The van der Waals surface area contributed by atoms with Gasteiger partial charge in [0.05, 0.1) is 6.26 Å². The zero-order valence-corrected chi connectivity index (χ0v) is 13.4. The third-order valence-corrected chi connectivity index (χ3v) is 4.95. The second-order valence-corrected chi connectivity index (χ2v) is 6.45. The summed E-state index contributed by atoms with van der Waals surface area (Å²) in [5.74, 6) is 0.969. The fraction of sp³-hybridized carbons (Fsp3) is 0.368. The zero-order valence-electron chi connectivity index (χ0n) is 13.4. The molecule has 2 aliphatic rings. The Hall–Kier alpha value is -2.56. The van der Waals surface area contributed by atoms with Gasteiger partial charge in [-0.05, 0) is 30.0 Å². The number of rotatable bonds is 3. The Labute approximate surface area is 140 Å². The van der Waals surface area contributed by atoms with Crippen molar-refractivity contribution < 1.29 is 14.0 Å². The standard InChI is InChI=1S/C19H20N2O3/c22-18(16-13-15(16)14-5-2-1-3-6-14)20-8-10-21(11-9-20)19(23)17-7-4-12-24-17/h1-7,12,15-16H,8-11,13H2. The van der Waals surface area contributed by atoms with Gasteiger partial charge in [0, 0.05) is 32.1 Å². The molecule has 1 aliphatic carbocycles. The summed E-state index contributed by atoms with van der Waals surface area (Å²) >= 11 is 0. The van der Waals surface area contributed by atoms with Crippen molar-refractivity contribution >= 4 is 11.8 Å². The Kier molecular flexibility index (Phi) is 3.84. The van der Waals surface area contributed by atoms with Crippen LogP contribution in [0.15, 0.2) is 53.1 Å². The van der Waals surface area contributed by atoms with E-state index in [2.05, 4.69) is 12.1 Å². The topological polar surface area (TPSA) is 53.8 Å². The molecule has 1 aromatic carbocycles. The number of carbonyl (C=O) groups excluding carboxylic acids is 2. The van der Waals surface area contributed by atoms with Gasteiger partial charge in [0.15, 0.2) is 5.76 Å². The molecule has 5 nitrogen and oxygen atoms in total. The zero-order chi connectivity index (χ0) is 16.5. The summed E-state index contributed by atoms with van der Waals surface area (Å²) in [6.45, 7) is 2.33. The first kappa shape index (κ1) is 15.0. The molecule has 1 aliphatic heterocycles. The van der Waals surface area contributed by atoms with E-state index in [-0.39, 0.29) is 17.7 Å². The van der Waals surface area contributed by atoms with Gasteiger partial charge in [-0.1, -0.05) is 30.3 Å². The number of benzene rings is 1. The van der Waals surface area contributed by atoms with E-state index in [1.54, 1.807) is 17.0 Å². The predicted octanol–water partition coefficient (Wildman–Crippen LogP) is 2.37. The molecule has 0 spiro atoms. The highest BCUT2D eigenvalue weighted by molar-refractivity contribution is 5.91. The highest BCUT2D eigenvalue weighted by Crippen LogP contribution is 2.48. The Morgan fingerprint density at radius 2 is 1.62 bits per heavy atom. The molecular formula is C19H20N2O3. The van der Waals surface area contributed by atoms with Crippen LogP contribution in [0.2, 0.25) is 0 Å². The molecular weight excluding hydrogens is 304 g/mol. The fourth-order valence-corrected chi connectivity index (χ4v) is 3.46. The molecule has 2 fully saturated rings. The molecule has 5 heteroatoms. The summed E-state index contributed by atoms with van der Waals surface area (Å²) in [6.07, 6.45) is 2.44. The second kappa shape index (κ2) is 6.15. The van der Waals surface area contributed by atoms with Gasteiger partial charge < -0.3 is 14.2 Å². The monoisotopic (exact) mass is 324 g/mol. The van der Waals surface area contributed by atoms with Gasteiger partial charge in [-0.2, -0.15) is 0 Å². The van der Waals surface area contributed by atoms with E-state index in [4.69, 9.17) is 4.42 Å². The van der Waals surface area contributed by atoms with E-state index in [0.29, 0.717) is 37.9 Å². The van der Waals surface area contributed by atoms with E-state index in [9.17, 15) is 9.59 Å². The normalized spacial score (nSPS) is 23.2. The van der Waals surface area contributed by atoms with Gasteiger partial charge in [-0.3, -0.25) is 9.59 Å². The first-order valence-corrected chi connectivity index (χ1v) is 8.40. The van der Waals surface area contributed by atoms with Crippen LogP contribution in [0.4, 0.5) is 0 Å². The highest BCUT2D eigenvalue weighted by Gasteiger charge is 2.46. The van der Waals surface area contributed by atoms with Crippen LogP contribution in [0, 0.1) is 5.92 Å². The van der Waals surface area contributed by atoms with Crippen LogP contribution < -0.4 is 0 Å². The summed E-state index contributed by atoms with van der Waals surface area (Å²) < 4.78 is 5.16. The summed E-state index contributed by atoms with van der Waals surface area (Å²) in [4.78, 5) is 28.6. The van der Waals surface area contributed by atoms with Gasteiger partial charge in [-0.25, -0.2) is 0 Å². The van der Waals surface area contributed by atoms with Gasteiger partial charge in [0.2, 0.25) is 5.91 Å². The summed E-state index contributed by atoms with van der Waals surface area (Å²) in [6, 6.07) is 13.6. The fourth-order valence-electron chi connectivity index (χ4n) is 3.46. The van der Waals surface area contributed by atoms with Gasteiger partial charge >= 0.3 is 0 Å². The molecule has 124 valence electrons. The molecule has 24 heavy (non-hydrogen) atoms. The molecule has 2 aromatic rings. The smallest absolute Gasteiger partial charge is 0.289 e. The highest BCUT2D eigenvalue weighted by atomic mass is 16.3.